The molecule has 1 amide bonds. The van der Waals surface area contributed by atoms with Crippen LogP contribution in [-0.2, 0) is 0 Å². The van der Waals surface area contributed by atoms with Crippen LogP contribution in [0.2, 0.25) is 0 Å². The molecule has 120 valence electrons. The van der Waals surface area contributed by atoms with E-state index in [1.165, 1.54) is 17.8 Å². The number of hydrogen-bond donors (Lipinski definition) is 2. The van der Waals surface area contributed by atoms with Gasteiger partial charge >= 0.3 is 0 Å². The van der Waals surface area contributed by atoms with Crippen molar-refractivity contribution < 1.29 is 9.53 Å². The predicted molar refractivity (Wildman–Crippen MR) is 89.9 cm³/mol. The van der Waals surface area contributed by atoms with E-state index in [2.05, 4.69) is 15.6 Å². The first-order valence-electron chi connectivity index (χ1n) is 7.90. The maximum atomic E-state index is 12.4. The predicted octanol–water partition coefficient (Wildman–Crippen LogP) is 2.44. The summed E-state index contributed by atoms with van der Waals surface area (Å²) in [5.41, 5.74) is 1.02. The van der Waals surface area contributed by atoms with E-state index in [1.54, 1.807) is 13.3 Å². The van der Waals surface area contributed by atoms with E-state index in [4.69, 9.17) is 4.74 Å². The Hall–Kier alpha value is -1.92. The molecule has 23 heavy (non-hydrogen) atoms. The van der Waals surface area contributed by atoms with E-state index < -0.39 is 0 Å². The fourth-order valence-electron chi connectivity index (χ4n) is 3.50. The number of aromatic nitrogens is 1. The molecule has 2 bridgehead atoms. The summed E-state index contributed by atoms with van der Waals surface area (Å²) in [5, 5.41) is 7.19. The molecular weight excluding hydrogens is 310 g/mol. The fraction of sp³-hybridized carbons (Fsp3) is 0.412. The van der Waals surface area contributed by atoms with Crippen LogP contribution in [0.1, 0.15) is 29.1 Å². The van der Waals surface area contributed by atoms with Crippen molar-refractivity contribution in [1.82, 2.24) is 15.6 Å². The summed E-state index contributed by atoms with van der Waals surface area (Å²) in [4.78, 5) is 17.7. The number of hydrogen-bond acceptors (Lipinski definition) is 5. The van der Waals surface area contributed by atoms with Gasteiger partial charge in [0.05, 0.1) is 12.0 Å². The van der Waals surface area contributed by atoms with E-state index in [9.17, 15) is 4.79 Å². The number of nitrogens with one attached hydrogen (secondary N) is 2. The van der Waals surface area contributed by atoms with Crippen molar-refractivity contribution in [3.63, 3.8) is 0 Å². The molecule has 3 atom stereocenters. The minimum atomic E-state index is -0.0662. The van der Waals surface area contributed by atoms with Gasteiger partial charge in [0.1, 0.15) is 5.75 Å². The van der Waals surface area contributed by atoms with Gasteiger partial charge < -0.3 is 15.4 Å². The van der Waals surface area contributed by atoms with E-state index >= 15 is 0 Å². The molecule has 6 heteroatoms. The molecule has 0 spiro atoms. The zero-order chi connectivity index (χ0) is 15.8. The second kappa shape index (κ2) is 5.94. The summed E-state index contributed by atoms with van der Waals surface area (Å²) in [7, 11) is 1.65. The zero-order valence-corrected chi connectivity index (χ0v) is 13.7. The monoisotopic (exact) mass is 329 g/mol. The van der Waals surface area contributed by atoms with Crippen LogP contribution in [0.4, 0.5) is 0 Å². The first kappa shape index (κ1) is 14.7. The highest BCUT2D eigenvalue weighted by molar-refractivity contribution is 7.17. The number of rotatable bonds is 4. The van der Waals surface area contributed by atoms with Gasteiger partial charge in [-0.3, -0.25) is 4.79 Å². The third-order valence-corrected chi connectivity index (χ3v) is 5.72. The smallest absolute Gasteiger partial charge is 0.280 e. The lowest BCUT2D eigenvalue weighted by atomic mass is 9.95. The zero-order valence-electron chi connectivity index (χ0n) is 12.9. The van der Waals surface area contributed by atoms with Crippen molar-refractivity contribution in [3.8, 4) is 16.2 Å². The Morgan fingerprint density at radius 2 is 2.35 bits per heavy atom. The van der Waals surface area contributed by atoms with Gasteiger partial charge in [-0.1, -0.05) is 12.1 Å². The number of carbonyl (C=O) groups is 1. The summed E-state index contributed by atoms with van der Waals surface area (Å²) in [6.45, 7) is 0. The van der Waals surface area contributed by atoms with Crippen LogP contribution in [-0.4, -0.2) is 36.1 Å². The number of benzene rings is 1. The van der Waals surface area contributed by atoms with Crippen molar-refractivity contribution in [2.75, 3.05) is 7.11 Å². The number of thiazole rings is 1. The molecule has 0 radical (unpaired) electrons. The Kier molecular flexibility index (Phi) is 3.79. The summed E-state index contributed by atoms with van der Waals surface area (Å²) < 4.78 is 5.25. The Morgan fingerprint density at radius 1 is 1.43 bits per heavy atom. The van der Waals surface area contributed by atoms with Gasteiger partial charge in [-0.15, -0.1) is 11.3 Å². The highest BCUT2D eigenvalue weighted by Gasteiger charge is 2.39. The summed E-state index contributed by atoms with van der Waals surface area (Å²) in [6, 6.07) is 9.04. The minimum Gasteiger partial charge on any atom is -0.497 e. The van der Waals surface area contributed by atoms with Gasteiger partial charge in [0, 0.05) is 24.3 Å². The van der Waals surface area contributed by atoms with Gasteiger partial charge in [0.2, 0.25) is 0 Å². The van der Waals surface area contributed by atoms with Crippen LogP contribution in [0, 0.1) is 0 Å². The fourth-order valence-corrected chi connectivity index (χ4v) is 4.32. The molecule has 5 nitrogen and oxygen atoms in total. The van der Waals surface area contributed by atoms with E-state index in [-0.39, 0.29) is 11.9 Å². The van der Waals surface area contributed by atoms with Gasteiger partial charge in [-0.05, 0) is 37.0 Å². The molecular formula is C17H19N3O2S. The number of carbonyl (C=O) groups excluding carboxylic acids is 1. The highest BCUT2D eigenvalue weighted by atomic mass is 32.1. The second-order valence-corrected chi connectivity index (χ2v) is 7.16. The molecule has 2 N–H and O–H groups in total. The van der Waals surface area contributed by atoms with Crippen molar-refractivity contribution >= 4 is 17.2 Å². The number of nitrogens with zero attached hydrogens (tertiary/aromatic N) is 1. The van der Waals surface area contributed by atoms with Crippen LogP contribution >= 0.6 is 11.3 Å². The van der Waals surface area contributed by atoms with Crippen molar-refractivity contribution in [3.05, 3.63) is 35.5 Å². The molecule has 3 heterocycles. The molecule has 0 aliphatic carbocycles. The molecule has 1 aromatic heterocycles. The SMILES string of the molecule is COc1cccc(-c2cnc(C(=O)NC3CC4CCC3N4)s2)c1. The normalized spacial score (nSPS) is 25.5. The largest absolute Gasteiger partial charge is 0.497 e. The first-order chi connectivity index (χ1) is 11.2. The first-order valence-corrected chi connectivity index (χ1v) is 8.72. The summed E-state index contributed by atoms with van der Waals surface area (Å²) >= 11 is 1.42. The van der Waals surface area contributed by atoms with Crippen LogP contribution in [0.15, 0.2) is 30.5 Å². The lowest BCUT2D eigenvalue weighted by Crippen LogP contribution is -2.42. The van der Waals surface area contributed by atoms with Crippen LogP contribution < -0.4 is 15.4 Å². The van der Waals surface area contributed by atoms with Gasteiger partial charge in [0.15, 0.2) is 5.01 Å². The Labute approximate surface area is 139 Å². The highest BCUT2D eigenvalue weighted by Crippen LogP contribution is 2.30. The average molecular weight is 329 g/mol. The van der Waals surface area contributed by atoms with Crippen molar-refractivity contribution in [2.24, 2.45) is 0 Å². The average Bonchev–Trinajstić information content (AvgIpc) is 3.31. The van der Waals surface area contributed by atoms with Crippen molar-refractivity contribution in [1.29, 1.82) is 0 Å². The van der Waals surface area contributed by atoms with Crippen LogP contribution in [0.3, 0.4) is 0 Å². The summed E-state index contributed by atoms with van der Waals surface area (Å²) in [6.07, 6.45) is 5.18. The minimum absolute atomic E-state index is 0.0662. The van der Waals surface area contributed by atoms with E-state index in [1.807, 2.05) is 24.3 Å². The van der Waals surface area contributed by atoms with E-state index in [0.717, 1.165) is 29.0 Å². The molecule has 2 saturated heterocycles. The van der Waals surface area contributed by atoms with Crippen LogP contribution in [0.25, 0.3) is 10.4 Å². The number of fused-ring (bicyclic) bond motifs is 2. The third-order valence-electron chi connectivity index (χ3n) is 4.67. The lowest BCUT2D eigenvalue weighted by Gasteiger charge is -2.20. The molecule has 2 aliphatic rings. The molecule has 3 unspecified atom stereocenters. The number of methoxy groups -OCH3 is 1. The number of amides is 1. The number of ether oxygens (including phenoxy) is 1. The van der Waals surface area contributed by atoms with Gasteiger partial charge in [-0.2, -0.15) is 0 Å². The topological polar surface area (TPSA) is 63.2 Å². The molecule has 0 saturated carbocycles. The van der Waals surface area contributed by atoms with Gasteiger partial charge in [-0.25, -0.2) is 4.98 Å². The molecule has 2 fully saturated rings. The third kappa shape index (κ3) is 2.84. The molecule has 1 aromatic carbocycles. The lowest BCUT2D eigenvalue weighted by molar-refractivity contribution is 0.0930. The Morgan fingerprint density at radius 3 is 3.09 bits per heavy atom. The maximum absolute atomic E-state index is 12.4. The Balaban J connectivity index is 1.47. The Bertz CT molecular complexity index is 730. The molecule has 2 aromatic rings. The second-order valence-electron chi connectivity index (χ2n) is 6.12. The molecule has 4 rings (SSSR count). The van der Waals surface area contributed by atoms with Crippen LogP contribution in [0.5, 0.6) is 5.75 Å². The van der Waals surface area contributed by atoms with E-state index in [0.29, 0.717) is 17.1 Å². The van der Waals surface area contributed by atoms with Crippen molar-refractivity contribution in [2.45, 2.75) is 37.4 Å². The molecule has 2 aliphatic heterocycles. The van der Waals surface area contributed by atoms with Gasteiger partial charge in [0.25, 0.3) is 5.91 Å². The standard InChI is InChI=1S/C17H19N3O2S/c1-22-12-4-2-3-10(7-12)15-9-18-17(23-15)16(21)20-14-8-11-5-6-13(14)19-11/h2-4,7,9,11,13-14,19H,5-6,8H2,1H3,(H,20,21). The summed E-state index contributed by atoms with van der Waals surface area (Å²) in [5.74, 6) is 0.735. The maximum Gasteiger partial charge on any atom is 0.280 e. The quantitative estimate of drug-likeness (QED) is 0.904.